The molecule has 0 fully saturated rings. The number of rotatable bonds is 8. The van der Waals surface area contributed by atoms with Gasteiger partial charge in [0.25, 0.3) is 5.69 Å². The summed E-state index contributed by atoms with van der Waals surface area (Å²) in [6, 6.07) is 19.4. The van der Waals surface area contributed by atoms with Gasteiger partial charge in [-0.1, -0.05) is 52.3 Å². The monoisotopic (exact) mass is 533 g/mol. The number of fused-ring (bicyclic) bond motifs is 1. The van der Waals surface area contributed by atoms with Gasteiger partial charge >= 0.3 is 0 Å². The summed E-state index contributed by atoms with van der Waals surface area (Å²) >= 11 is 3.40. The molecule has 0 bridgehead atoms. The number of methoxy groups -OCH3 is 2. The summed E-state index contributed by atoms with van der Waals surface area (Å²) in [5, 5.41) is 12.7. The van der Waals surface area contributed by atoms with Crippen LogP contribution in [-0.2, 0) is 5.33 Å². The van der Waals surface area contributed by atoms with Gasteiger partial charge in [0.1, 0.15) is 11.5 Å². The van der Waals surface area contributed by atoms with E-state index in [0.29, 0.717) is 27.4 Å². The van der Waals surface area contributed by atoms with Gasteiger partial charge in [-0.2, -0.15) is 0 Å². The minimum absolute atomic E-state index is 0.129. The van der Waals surface area contributed by atoms with Crippen LogP contribution in [0, 0.1) is 10.1 Å². The summed E-state index contributed by atoms with van der Waals surface area (Å²) in [7, 11) is 2.90. The molecule has 35 heavy (non-hydrogen) atoms. The van der Waals surface area contributed by atoms with Gasteiger partial charge in [-0.05, 0) is 35.2 Å². The molecule has 0 atom stereocenters. The van der Waals surface area contributed by atoms with Crippen molar-refractivity contribution in [2.45, 2.75) is 5.33 Å². The van der Waals surface area contributed by atoms with E-state index in [1.54, 1.807) is 36.4 Å². The molecule has 0 amide bonds. The molecule has 0 unspecified atom stereocenters. The number of nitro groups is 1. The van der Waals surface area contributed by atoms with Crippen molar-refractivity contribution >= 4 is 44.0 Å². The second-order valence-corrected chi connectivity index (χ2v) is 8.24. The molecular weight excluding hydrogens is 514 g/mol. The van der Waals surface area contributed by atoms with Crippen molar-refractivity contribution in [3.8, 4) is 11.5 Å². The van der Waals surface area contributed by atoms with E-state index in [1.807, 2.05) is 12.1 Å². The normalized spacial score (nSPS) is 10.7. The highest BCUT2D eigenvalue weighted by Crippen LogP contribution is 2.38. The third-order valence-electron chi connectivity index (χ3n) is 5.71. The molecule has 0 aliphatic heterocycles. The van der Waals surface area contributed by atoms with Crippen molar-refractivity contribution in [1.82, 2.24) is 0 Å². The van der Waals surface area contributed by atoms with Crippen molar-refractivity contribution in [3.63, 3.8) is 0 Å². The van der Waals surface area contributed by atoms with Crippen LogP contribution in [0.25, 0.3) is 10.8 Å². The van der Waals surface area contributed by atoms with E-state index >= 15 is 0 Å². The van der Waals surface area contributed by atoms with Crippen LogP contribution in [-0.4, -0.2) is 30.7 Å². The second-order valence-electron chi connectivity index (χ2n) is 7.68. The third-order valence-corrected chi connectivity index (χ3v) is 6.36. The Morgan fingerprint density at radius 2 is 1.23 bits per heavy atom. The Morgan fingerprint density at radius 3 is 1.63 bits per heavy atom. The highest BCUT2D eigenvalue weighted by atomic mass is 79.9. The zero-order valence-corrected chi connectivity index (χ0v) is 20.5. The number of ketones is 2. The molecule has 0 radical (unpaired) electrons. The number of ether oxygens (including phenoxy) is 2. The van der Waals surface area contributed by atoms with Crippen LogP contribution in [0.1, 0.15) is 37.4 Å². The molecule has 0 aromatic heterocycles. The first-order chi connectivity index (χ1) is 16.9. The number of hydrogen-bond acceptors (Lipinski definition) is 6. The molecule has 7 nitrogen and oxygen atoms in total. The number of alkyl halides is 1. The van der Waals surface area contributed by atoms with Gasteiger partial charge in [-0.15, -0.1) is 0 Å². The molecule has 0 saturated carbocycles. The maximum absolute atomic E-state index is 13.8. The summed E-state index contributed by atoms with van der Waals surface area (Å²) in [4.78, 5) is 38.0. The number of carbonyl (C=O) groups is 2. The van der Waals surface area contributed by atoms with Gasteiger partial charge in [0.15, 0.2) is 11.6 Å². The van der Waals surface area contributed by atoms with Gasteiger partial charge in [0, 0.05) is 34.0 Å². The molecule has 0 saturated heterocycles. The highest BCUT2D eigenvalue weighted by Gasteiger charge is 2.26. The summed E-state index contributed by atoms with van der Waals surface area (Å²) in [5.74, 6) is -0.144. The predicted octanol–water partition coefficient (Wildman–Crippen LogP) is 6.12. The molecule has 8 heteroatoms. The maximum atomic E-state index is 13.8. The van der Waals surface area contributed by atoms with E-state index in [0.717, 1.165) is 5.56 Å². The Hall–Kier alpha value is -4.04. The fourth-order valence-electron chi connectivity index (χ4n) is 3.94. The molecule has 0 heterocycles. The molecule has 0 N–H and O–H groups in total. The number of benzene rings is 4. The number of carbonyl (C=O) groups excluding carboxylic acids is 2. The standard InChI is InChI=1S/C27H20BrNO6/c1-34-21-13-9-17-10-14-22(35-2)25(27(31)19-7-11-20(12-8-19)29(32)33)23(17)24(21)26(30)18-5-3-16(15-28)4-6-18/h3-14H,15H2,1-2H3. The minimum Gasteiger partial charge on any atom is -0.496 e. The minimum atomic E-state index is -0.532. The fourth-order valence-corrected chi connectivity index (χ4v) is 4.31. The van der Waals surface area contributed by atoms with Crippen LogP contribution >= 0.6 is 15.9 Å². The summed E-state index contributed by atoms with van der Waals surface area (Å²) in [6.45, 7) is 0. The van der Waals surface area contributed by atoms with Gasteiger partial charge in [-0.25, -0.2) is 0 Å². The van der Waals surface area contributed by atoms with Crippen LogP contribution in [0.2, 0.25) is 0 Å². The zero-order valence-electron chi connectivity index (χ0n) is 18.9. The number of hydrogen-bond donors (Lipinski definition) is 0. The maximum Gasteiger partial charge on any atom is 0.269 e. The van der Waals surface area contributed by atoms with Crippen molar-refractivity contribution in [1.29, 1.82) is 0 Å². The Kier molecular flexibility index (Phi) is 6.93. The number of nitro benzene ring substituents is 1. The van der Waals surface area contributed by atoms with E-state index in [9.17, 15) is 19.7 Å². The fraction of sp³-hybridized carbons (Fsp3) is 0.111. The predicted molar refractivity (Wildman–Crippen MR) is 136 cm³/mol. The first-order valence-corrected chi connectivity index (χ1v) is 11.7. The molecule has 4 aromatic carbocycles. The van der Waals surface area contributed by atoms with Crippen molar-refractivity contribution in [3.05, 3.63) is 111 Å². The number of halogens is 1. The molecule has 4 aromatic rings. The average molecular weight is 534 g/mol. The molecular formula is C27H20BrNO6. The van der Waals surface area contributed by atoms with Crippen LogP contribution < -0.4 is 9.47 Å². The van der Waals surface area contributed by atoms with Gasteiger partial charge < -0.3 is 9.47 Å². The summed E-state index contributed by atoms with van der Waals surface area (Å²) in [5.41, 5.74) is 1.97. The van der Waals surface area contributed by atoms with E-state index in [-0.39, 0.29) is 33.9 Å². The first-order valence-electron chi connectivity index (χ1n) is 10.6. The zero-order chi connectivity index (χ0) is 25.1. The lowest BCUT2D eigenvalue weighted by Crippen LogP contribution is -2.11. The topological polar surface area (TPSA) is 95.7 Å². The van der Waals surface area contributed by atoms with Crippen LogP contribution in [0.15, 0.2) is 72.8 Å². The van der Waals surface area contributed by atoms with Crippen LogP contribution in [0.4, 0.5) is 5.69 Å². The van der Waals surface area contributed by atoms with E-state index in [4.69, 9.17) is 9.47 Å². The van der Waals surface area contributed by atoms with Crippen molar-refractivity contribution < 1.29 is 24.0 Å². The lowest BCUT2D eigenvalue weighted by molar-refractivity contribution is -0.384. The Labute approximate surface area is 209 Å². The van der Waals surface area contributed by atoms with Crippen molar-refractivity contribution in [2.24, 2.45) is 0 Å². The lowest BCUT2D eigenvalue weighted by atomic mass is 9.89. The number of non-ortho nitro benzene ring substituents is 1. The first kappa shape index (κ1) is 24.1. The highest BCUT2D eigenvalue weighted by molar-refractivity contribution is 9.08. The Morgan fingerprint density at radius 1 is 0.771 bits per heavy atom. The quantitative estimate of drug-likeness (QED) is 0.117. The largest absolute Gasteiger partial charge is 0.496 e. The molecule has 0 aliphatic carbocycles. The third kappa shape index (κ3) is 4.52. The van der Waals surface area contributed by atoms with Crippen LogP contribution in [0.5, 0.6) is 11.5 Å². The Bertz CT molecular complexity index is 1440. The smallest absolute Gasteiger partial charge is 0.269 e. The molecule has 0 aliphatic rings. The van der Waals surface area contributed by atoms with Crippen LogP contribution in [0.3, 0.4) is 0 Å². The molecule has 4 rings (SSSR count). The summed E-state index contributed by atoms with van der Waals surface area (Å²) < 4.78 is 11.1. The van der Waals surface area contributed by atoms with Gasteiger partial charge in [0.2, 0.25) is 0 Å². The van der Waals surface area contributed by atoms with E-state index < -0.39 is 10.7 Å². The SMILES string of the molecule is COc1ccc2ccc(OC)c(C(=O)c3ccc([N+](=O)[O-])cc3)c2c1C(=O)c1ccc(CBr)cc1. The van der Waals surface area contributed by atoms with Gasteiger partial charge in [0.05, 0.1) is 30.3 Å². The molecule has 0 spiro atoms. The molecule has 176 valence electrons. The number of nitrogens with zero attached hydrogens (tertiary/aromatic N) is 1. The average Bonchev–Trinajstić information content (AvgIpc) is 2.90. The van der Waals surface area contributed by atoms with E-state index in [2.05, 4.69) is 15.9 Å². The summed E-state index contributed by atoms with van der Waals surface area (Å²) in [6.07, 6.45) is 0. The van der Waals surface area contributed by atoms with E-state index in [1.165, 1.54) is 38.5 Å². The van der Waals surface area contributed by atoms with Crippen molar-refractivity contribution in [2.75, 3.05) is 14.2 Å². The lowest BCUT2D eigenvalue weighted by Gasteiger charge is -2.17. The second kappa shape index (κ2) is 10.1. The Balaban J connectivity index is 1.98. The van der Waals surface area contributed by atoms with Gasteiger partial charge in [-0.3, -0.25) is 19.7 Å².